The highest BCUT2D eigenvalue weighted by atomic mass is 15.1. The van der Waals surface area contributed by atoms with Crippen molar-refractivity contribution in [2.75, 3.05) is 13.6 Å². The molecule has 0 bridgehead atoms. The molecular formula is C16H29N. The largest absolute Gasteiger partial charge is 0.378 e. The van der Waals surface area contributed by atoms with Gasteiger partial charge in [0.1, 0.15) is 0 Å². The minimum absolute atomic E-state index is 0.861. The molecule has 0 radical (unpaired) electrons. The predicted octanol–water partition coefficient (Wildman–Crippen LogP) is 4.45. The molecule has 98 valence electrons. The van der Waals surface area contributed by atoms with Crippen LogP contribution < -0.4 is 0 Å². The predicted molar refractivity (Wildman–Crippen MR) is 74.9 cm³/mol. The minimum atomic E-state index is 0.861. The van der Waals surface area contributed by atoms with Crippen LogP contribution in [0.15, 0.2) is 11.3 Å². The zero-order valence-electron chi connectivity index (χ0n) is 12.1. The van der Waals surface area contributed by atoms with Crippen LogP contribution in [0.1, 0.15) is 59.3 Å². The summed E-state index contributed by atoms with van der Waals surface area (Å²) in [7, 11) is 2.31. The summed E-state index contributed by atoms with van der Waals surface area (Å²) in [6.45, 7) is 8.59. The molecule has 0 aromatic carbocycles. The quantitative estimate of drug-likeness (QED) is 0.599. The molecule has 1 aliphatic heterocycles. The fourth-order valence-corrected chi connectivity index (χ4v) is 3.46. The SMILES string of the molecule is CC1CCCN(C)C2=C(CCC(C)C(C)C2)C1. The maximum atomic E-state index is 2.57. The number of nitrogens with zero attached hydrogens (tertiary/aromatic N) is 1. The molecule has 2 aliphatic rings. The third-order valence-electron chi connectivity index (χ3n) is 5.04. The Hall–Kier alpha value is -0.460. The third-order valence-corrected chi connectivity index (χ3v) is 5.04. The molecule has 1 heteroatoms. The molecule has 3 unspecified atom stereocenters. The Bertz CT molecular complexity index is 292. The van der Waals surface area contributed by atoms with Gasteiger partial charge in [0.2, 0.25) is 0 Å². The first-order valence-electron chi connectivity index (χ1n) is 7.50. The second kappa shape index (κ2) is 5.46. The topological polar surface area (TPSA) is 3.24 Å². The highest BCUT2D eigenvalue weighted by molar-refractivity contribution is 5.17. The van der Waals surface area contributed by atoms with Crippen LogP contribution >= 0.6 is 0 Å². The van der Waals surface area contributed by atoms with Gasteiger partial charge in [-0.3, -0.25) is 0 Å². The van der Waals surface area contributed by atoms with Gasteiger partial charge in [-0.15, -0.1) is 0 Å². The first kappa shape index (κ1) is 13.0. The highest BCUT2D eigenvalue weighted by Crippen LogP contribution is 2.37. The van der Waals surface area contributed by atoms with E-state index >= 15 is 0 Å². The number of allylic oxidation sites excluding steroid dienone is 2. The van der Waals surface area contributed by atoms with Crippen LogP contribution in [-0.4, -0.2) is 18.5 Å². The third kappa shape index (κ3) is 3.05. The fraction of sp³-hybridized carbons (Fsp3) is 0.875. The smallest absolute Gasteiger partial charge is 0.0171 e. The monoisotopic (exact) mass is 235 g/mol. The second-order valence-electron chi connectivity index (χ2n) is 6.62. The zero-order valence-corrected chi connectivity index (χ0v) is 12.1. The van der Waals surface area contributed by atoms with Gasteiger partial charge in [-0.1, -0.05) is 26.3 Å². The van der Waals surface area contributed by atoms with Gasteiger partial charge in [-0.05, 0) is 56.3 Å². The van der Waals surface area contributed by atoms with Gasteiger partial charge < -0.3 is 4.90 Å². The molecule has 2 rings (SSSR count). The summed E-state index contributed by atoms with van der Waals surface area (Å²) in [4.78, 5) is 2.57. The molecule has 0 N–H and O–H groups in total. The van der Waals surface area contributed by atoms with Crippen molar-refractivity contribution in [3.8, 4) is 0 Å². The van der Waals surface area contributed by atoms with Gasteiger partial charge in [-0.2, -0.15) is 0 Å². The van der Waals surface area contributed by atoms with E-state index in [1.54, 1.807) is 11.3 Å². The molecule has 0 aromatic rings. The summed E-state index contributed by atoms with van der Waals surface area (Å²) in [6, 6.07) is 0. The van der Waals surface area contributed by atoms with E-state index in [1.165, 1.54) is 45.1 Å². The van der Waals surface area contributed by atoms with E-state index in [-0.39, 0.29) is 0 Å². The fourth-order valence-electron chi connectivity index (χ4n) is 3.46. The van der Waals surface area contributed by atoms with Gasteiger partial charge in [0.15, 0.2) is 0 Å². The summed E-state index contributed by atoms with van der Waals surface area (Å²) < 4.78 is 0. The van der Waals surface area contributed by atoms with Crippen LogP contribution in [-0.2, 0) is 0 Å². The van der Waals surface area contributed by atoms with Crippen LogP contribution in [0.5, 0.6) is 0 Å². The minimum Gasteiger partial charge on any atom is -0.378 e. The van der Waals surface area contributed by atoms with Crippen LogP contribution in [0.3, 0.4) is 0 Å². The summed E-state index contributed by atoms with van der Waals surface area (Å²) in [6.07, 6.45) is 8.22. The van der Waals surface area contributed by atoms with Crippen molar-refractivity contribution in [1.82, 2.24) is 4.90 Å². The second-order valence-corrected chi connectivity index (χ2v) is 6.62. The van der Waals surface area contributed by atoms with Crippen LogP contribution in [0.25, 0.3) is 0 Å². The van der Waals surface area contributed by atoms with Crippen LogP contribution in [0.2, 0.25) is 0 Å². The summed E-state index contributed by atoms with van der Waals surface area (Å²) >= 11 is 0. The summed E-state index contributed by atoms with van der Waals surface area (Å²) in [5.41, 5.74) is 3.49. The molecule has 1 heterocycles. The first-order valence-corrected chi connectivity index (χ1v) is 7.50. The van der Waals surface area contributed by atoms with Gasteiger partial charge >= 0.3 is 0 Å². The highest BCUT2D eigenvalue weighted by Gasteiger charge is 2.25. The van der Waals surface area contributed by atoms with E-state index < -0.39 is 0 Å². The molecule has 0 saturated carbocycles. The first-order chi connectivity index (χ1) is 8.08. The van der Waals surface area contributed by atoms with Crippen molar-refractivity contribution in [2.24, 2.45) is 17.8 Å². The normalized spacial score (nSPS) is 36.0. The Balaban J connectivity index is 2.23. The van der Waals surface area contributed by atoms with E-state index in [9.17, 15) is 0 Å². The van der Waals surface area contributed by atoms with E-state index in [4.69, 9.17) is 0 Å². The summed E-state index contributed by atoms with van der Waals surface area (Å²) in [5.74, 6) is 2.66. The van der Waals surface area contributed by atoms with Crippen molar-refractivity contribution < 1.29 is 0 Å². The van der Waals surface area contributed by atoms with E-state index in [2.05, 4.69) is 32.7 Å². The average molecular weight is 235 g/mol. The van der Waals surface area contributed by atoms with Crippen molar-refractivity contribution >= 4 is 0 Å². The molecule has 1 aliphatic carbocycles. The Kier molecular flexibility index (Phi) is 4.17. The molecule has 1 nitrogen and oxygen atoms in total. The van der Waals surface area contributed by atoms with Gasteiger partial charge in [0, 0.05) is 19.3 Å². The standard InChI is InChI=1S/C16H29N/c1-12-6-5-9-17(4)16-11-14(3)13(2)7-8-15(16)10-12/h12-14H,5-11H2,1-4H3. The molecule has 0 fully saturated rings. The molecule has 0 saturated heterocycles. The Morgan fingerprint density at radius 2 is 1.76 bits per heavy atom. The van der Waals surface area contributed by atoms with Gasteiger partial charge in [-0.25, -0.2) is 0 Å². The van der Waals surface area contributed by atoms with E-state index in [0.717, 1.165) is 17.8 Å². The van der Waals surface area contributed by atoms with E-state index in [0.29, 0.717) is 0 Å². The lowest BCUT2D eigenvalue weighted by Gasteiger charge is -2.30. The lowest BCUT2D eigenvalue weighted by Crippen LogP contribution is -2.24. The van der Waals surface area contributed by atoms with Crippen LogP contribution in [0, 0.1) is 17.8 Å². The maximum absolute atomic E-state index is 2.57. The zero-order chi connectivity index (χ0) is 12.4. The molecule has 0 spiro atoms. The van der Waals surface area contributed by atoms with E-state index in [1.807, 2.05) is 0 Å². The number of hydrogen-bond acceptors (Lipinski definition) is 1. The average Bonchev–Trinajstić information content (AvgIpc) is 2.40. The van der Waals surface area contributed by atoms with Crippen LogP contribution in [0.4, 0.5) is 0 Å². The lowest BCUT2D eigenvalue weighted by molar-refractivity contribution is 0.315. The van der Waals surface area contributed by atoms with Gasteiger partial charge in [0.25, 0.3) is 0 Å². The molecule has 0 amide bonds. The molecule has 3 atom stereocenters. The lowest BCUT2D eigenvalue weighted by atomic mass is 9.91. The molecule has 17 heavy (non-hydrogen) atoms. The van der Waals surface area contributed by atoms with Crippen molar-refractivity contribution in [3.63, 3.8) is 0 Å². The Labute approximate surface area is 107 Å². The van der Waals surface area contributed by atoms with Crippen molar-refractivity contribution in [1.29, 1.82) is 0 Å². The molecular weight excluding hydrogens is 206 g/mol. The van der Waals surface area contributed by atoms with Crippen molar-refractivity contribution in [3.05, 3.63) is 11.3 Å². The Morgan fingerprint density at radius 3 is 2.53 bits per heavy atom. The molecule has 0 aromatic heterocycles. The number of hydrogen-bond donors (Lipinski definition) is 0. The Morgan fingerprint density at radius 1 is 1.00 bits per heavy atom. The summed E-state index contributed by atoms with van der Waals surface area (Å²) in [5, 5.41) is 0. The maximum Gasteiger partial charge on any atom is 0.0171 e. The number of rotatable bonds is 0. The van der Waals surface area contributed by atoms with Crippen molar-refractivity contribution in [2.45, 2.75) is 59.3 Å². The van der Waals surface area contributed by atoms with Gasteiger partial charge in [0.05, 0.1) is 0 Å².